The molecule has 0 aromatic heterocycles. The average Bonchev–Trinajstić information content (AvgIpc) is 2.43. The smallest absolute Gasteiger partial charge is 0.220 e. The summed E-state index contributed by atoms with van der Waals surface area (Å²) < 4.78 is 0. The molecular weight excluding hydrogens is 238 g/mol. The van der Waals surface area contributed by atoms with Crippen molar-refractivity contribution in [1.29, 1.82) is 0 Å². The van der Waals surface area contributed by atoms with Gasteiger partial charge in [0.25, 0.3) is 0 Å². The van der Waals surface area contributed by atoms with Gasteiger partial charge in [-0.15, -0.1) is 0 Å². The SMILES string of the molecule is CCC(CN)CC(=O)NCC1(N(C)C)CCCCC1. The van der Waals surface area contributed by atoms with E-state index in [1.54, 1.807) is 0 Å². The van der Waals surface area contributed by atoms with Crippen molar-refractivity contribution in [3.63, 3.8) is 0 Å². The first-order valence-electron chi connectivity index (χ1n) is 7.68. The van der Waals surface area contributed by atoms with Crippen molar-refractivity contribution in [2.24, 2.45) is 11.7 Å². The summed E-state index contributed by atoms with van der Waals surface area (Å²) in [6, 6.07) is 0. The van der Waals surface area contributed by atoms with Gasteiger partial charge in [-0.2, -0.15) is 0 Å². The van der Waals surface area contributed by atoms with Crippen LogP contribution in [0.25, 0.3) is 0 Å². The summed E-state index contributed by atoms with van der Waals surface area (Å²) >= 11 is 0. The number of carbonyl (C=O) groups is 1. The van der Waals surface area contributed by atoms with Gasteiger partial charge in [-0.1, -0.05) is 32.6 Å². The van der Waals surface area contributed by atoms with Crippen LogP contribution in [-0.4, -0.2) is 43.5 Å². The number of hydrogen-bond donors (Lipinski definition) is 2. The Hall–Kier alpha value is -0.610. The zero-order valence-electron chi connectivity index (χ0n) is 12.9. The molecule has 4 nitrogen and oxygen atoms in total. The van der Waals surface area contributed by atoms with Crippen molar-refractivity contribution >= 4 is 5.91 Å². The highest BCUT2D eigenvalue weighted by atomic mass is 16.1. The van der Waals surface area contributed by atoms with Crippen LogP contribution in [0.5, 0.6) is 0 Å². The quantitative estimate of drug-likeness (QED) is 0.740. The van der Waals surface area contributed by atoms with Gasteiger partial charge in [0, 0.05) is 18.5 Å². The van der Waals surface area contributed by atoms with Crippen LogP contribution in [0.15, 0.2) is 0 Å². The van der Waals surface area contributed by atoms with Gasteiger partial charge >= 0.3 is 0 Å². The van der Waals surface area contributed by atoms with Crippen LogP contribution in [-0.2, 0) is 4.79 Å². The Morgan fingerprint density at radius 2 is 1.95 bits per heavy atom. The molecule has 0 aromatic rings. The monoisotopic (exact) mass is 269 g/mol. The highest BCUT2D eigenvalue weighted by molar-refractivity contribution is 5.76. The summed E-state index contributed by atoms with van der Waals surface area (Å²) in [6.45, 7) is 3.47. The van der Waals surface area contributed by atoms with E-state index in [1.807, 2.05) is 0 Å². The minimum Gasteiger partial charge on any atom is -0.354 e. The Labute approximate surface area is 118 Å². The van der Waals surface area contributed by atoms with E-state index in [0.29, 0.717) is 18.9 Å². The van der Waals surface area contributed by atoms with E-state index in [1.165, 1.54) is 32.1 Å². The zero-order chi connectivity index (χ0) is 14.3. The maximum absolute atomic E-state index is 12.0. The van der Waals surface area contributed by atoms with E-state index >= 15 is 0 Å². The second-order valence-corrected chi connectivity index (χ2v) is 6.17. The van der Waals surface area contributed by atoms with Crippen molar-refractivity contribution in [1.82, 2.24) is 10.2 Å². The van der Waals surface area contributed by atoms with Crippen LogP contribution in [0.3, 0.4) is 0 Å². The zero-order valence-corrected chi connectivity index (χ0v) is 12.9. The van der Waals surface area contributed by atoms with Crippen LogP contribution in [0, 0.1) is 5.92 Å². The van der Waals surface area contributed by atoms with E-state index in [9.17, 15) is 4.79 Å². The molecule has 1 fully saturated rings. The maximum Gasteiger partial charge on any atom is 0.220 e. The average molecular weight is 269 g/mol. The van der Waals surface area contributed by atoms with Gasteiger partial charge < -0.3 is 16.0 Å². The molecule has 1 saturated carbocycles. The highest BCUT2D eigenvalue weighted by Crippen LogP contribution is 2.31. The Morgan fingerprint density at radius 3 is 2.42 bits per heavy atom. The van der Waals surface area contributed by atoms with Crippen LogP contribution in [0.4, 0.5) is 0 Å². The van der Waals surface area contributed by atoms with Crippen molar-refractivity contribution < 1.29 is 4.79 Å². The minimum absolute atomic E-state index is 0.157. The topological polar surface area (TPSA) is 58.4 Å². The lowest BCUT2D eigenvalue weighted by Crippen LogP contribution is -2.54. The molecule has 0 aromatic carbocycles. The molecule has 3 N–H and O–H groups in total. The van der Waals surface area contributed by atoms with Crippen LogP contribution < -0.4 is 11.1 Å². The minimum atomic E-state index is 0.157. The molecule has 0 heterocycles. The normalized spacial score (nSPS) is 20.3. The molecule has 1 aliphatic carbocycles. The third-order valence-electron chi connectivity index (χ3n) is 4.73. The summed E-state index contributed by atoms with van der Waals surface area (Å²) in [5.41, 5.74) is 5.82. The first-order chi connectivity index (χ1) is 9.04. The number of amides is 1. The molecule has 0 radical (unpaired) electrons. The molecule has 0 saturated heterocycles. The number of nitrogens with one attached hydrogen (secondary N) is 1. The molecule has 4 heteroatoms. The van der Waals surface area contributed by atoms with E-state index in [4.69, 9.17) is 5.73 Å². The molecule has 0 bridgehead atoms. The molecule has 0 aliphatic heterocycles. The van der Waals surface area contributed by atoms with Gasteiger partial charge in [-0.3, -0.25) is 4.79 Å². The molecular formula is C15H31N3O. The lowest BCUT2D eigenvalue weighted by molar-refractivity contribution is -0.122. The van der Waals surface area contributed by atoms with Crippen LogP contribution in [0.2, 0.25) is 0 Å². The van der Waals surface area contributed by atoms with Crippen molar-refractivity contribution in [2.75, 3.05) is 27.2 Å². The third kappa shape index (κ3) is 4.77. The summed E-state index contributed by atoms with van der Waals surface area (Å²) in [7, 11) is 4.26. The summed E-state index contributed by atoms with van der Waals surface area (Å²) in [5.74, 6) is 0.478. The van der Waals surface area contributed by atoms with Crippen molar-refractivity contribution in [3.8, 4) is 0 Å². The molecule has 1 aliphatic rings. The number of carbonyl (C=O) groups excluding carboxylic acids is 1. The Balaban J connectivity index is 2.45. The largest absolute Gasteiger partial charge is 0.354 e. The molecule has 1 atom stereocenters. The summed E-state index contributed by atoms with van der Waals surface area (Å²) in [4.78, 5) is 14.3. The first kappa shape index (κ1) is 16.4. The Morgan fingerprint density at radius 1 is 1.32 bits per heavy atom. The third-order valence-corrected chi connectivity index (χ3v) is 4.73. The van der Waals surface area contributed by atoms with Crippen LogP contribution in [0.1, 0.15) is 51.9 Å². The van der Waals surface area contributed by atoms with E-state index in [-0.39, 0.29) is 11.4 Å². The number of nitrogens with zero attached hydrogens (tertiary/aromatic N) is 1. The van der Waals surface area contributed by atoms with Gasteiger partial charge in [-0.05, 0) is 39.4 Å². The van der Waals surface area contributed by atoms with Gasteiger partial charge in [0.05, 0.1) is 0 Å². The number of likely N-dealkylation sites (N-methyl/N-ethyl adjacent to an activating group) is 1. The molecule has 1 amide bonds. The molecule has 0 spiro atoms. The predicted molar refractivity (Wildman–Crippen MR) is 80.0 cm³/mol. The Kier molecular flexibility index (Phi) is 6.80. The molecule has 1 rings (SSSR count). The second-order valence-electron chi connectivity index (χ2n) is 6.17. The standard InChI is InChI=1S/C15H31N3O/c1-4-13(11-16)10-14(19)17-12-15(18(2)3)8-6-5-7-9-15/h13H,4-12,16H2,1-3H3,(H,17,19). The number of nitrogens with two attached hydrogens (primary N) is 1. The maximum atomic E-state index is 12.0. The van der Waals surface area contributed by atoms with Gasteiger partial charge in [0.15, 0.2) is 0 Å². The van der Waals surface area contributed by atoms with Crippen molar-refractivity contribution in [3.05, 3.63) is 0 Å². The van der Waals surface area contributed by atoms with E-state index < -0.39 is 0 Å². The predicted octanol–water partition coefficient (Wildman–Crippen LogP) is 1.74. The fraction of sp³-hybridized carbons (Fsp3) is 0.933. The summed E-state index contributed by atoms with van der Waals surface area (Å²) in [6.07, 6.45) is 7.79. The first-order valence-corrected chi connectivity index (χ1v) is 7.68. The number of rotatable bonds is 7. The lowest BCUT2D eigenvalue weighted by Gasteiger charge is -2.43. The molecule has 1 unspecified atom stereocenters. The lowest BCUT2D eigenvalue weighted by atomic mass is 9.80. The fourth-order valence-corrected chi connectivity index (χ4v) is 2.98. The van der Waals surface area contributed by atoms with Gasteiger partial charge in [0.1, 0.15) is 0 Å². The van der Waals surface area contributed by atoms with E-state index in [0.717, 1.165) is 13.0 Å². The van der Waals surface area contributed by atoms with Gasteiger partial charge in [0.2, 0.25) is 5.91 Å². The second kappa shape index (κ2) is 7.85. The van der Waals surface area contributed by atoms with Crippen LogP contribution >= 0.6 is 0 Å². The van der Waals surface area contributed by atoms with E-state index in [2.05, 4.69) is 31.2 Å². The van der Waals surface area contributed by atoms with Crippen molar-refractivity contribution in [2.45, 2.75) is 57.4 Å². The highest BCUT2D eigenvalue weighted by Gasteiger charge is 2.34. The fourth-order valence-electron chi connectivity index (χ4n) is 2.98. The molecule has 112 valence electrons. The Bertz CT molecular complexity index is 269. The van der Waals surface area contributed by atoms with Gasteiger partial charge in [-0.25, -0.2) is 0 Å². The molecule has 19 heavy (non-hydrogen) atoms. The summed E-state index contributed by atoms with van der Waals surface area (Å²) in [5, 5.41) is 3.14. The number of hydrogen-bond acceptors (Lipinski definition) is 3.